The molecular weight excluding hydrogens is 380 g/mol. The molecule has 2 aromatic rings. The molecule has 1 atom stereocenters. The zero-order valence-corrected chi connectivity index (χ0v) is 18.0. The average molecular weight is 413 g/mol. The topological polar surface area (TPSA) is 87.7 Å². The smallest absolute Gasteiger partial charge is 0.408 e. The Morgan fingerprint density at radius 2 is 1.53 bits per heavy atom. The molecule has 30 heavy (non-hydrogen) atoms. The van der Waals surface area contributed by atoms with Crippen molar-refractivity contribution in [3.05, 3.63) is 65.2 Å². The van der Waals surface area contributed by atoms with E-state index in [0.717, 1.165) is 31.2 Å². The highest BCUT2D eigenvalue weighted by molar-refractivity contribution is 5.99. The Kier molecular flexibility index (Phi) is 8.87. The van der Waals surface area contributed by atoms with Crippen LogP contribution >= 0.6 is 0 Å². The predicted molar refractivity (Wildman–Crippen MR) is 119 cm³/mol. The zero-order chi connectivity index (χ0) is 22.0. The van der Waals surface area contributed by atoms with Gasteiger partial charge in [-0.25, -0.2) is 4.79 Å². The second-order valence-corrected chi connectivity index (χ2v) is 7.60. The number of carbonyl (C=O) groups is 2. The Bertz CT molecular complexity index is 818. The molecule has 0 aliphatic rings. The number of hydrogen-bond donors (Lipinski definition) is 3. The molecule has 0 fully saturated rings. The summed E-state index contributed by atoms with van der Waals surface area (Å²) < 4.78 is 5.03. The molecule has 0 bridgehead atoms. The first kappa shape index (κ1) is 23.4. The molecule has 3 N–H and O–H groups in total. The van der Waals surface area contributed by atoms with Gasteiger partial charge in [-0.3, -0.25) is 4.79 Å². The lowest BCUT2D eigenvalue weighted by Gasteiger charge is -2.27. The normalized spacial score (nSPS) is 12.7. The molecule has 2 aromatic carbocycles. The molecule has 6 heteroatoms. The number of rotatable bonds is 10. The van der Waals surface area contributed by atoms with Crippen LogP contribution in [0.1, 0.15) is 50.3 Å². The molecule has 0 saturated carbocycles. The highest BCUT2D eigenvalue weighted by Gasteiger charge is 2.35. The number of benzene rings is 2. The van der Waals surface area contributed by atoms with Gasteiger partial charge in [0.2, 0.25) is 0 Å². The number of aryl methyl sites for hydroxylation is 1. The molecule has 0 unspecified atom stereocenters. The summed E-state index contributed by atoms with van der Waals surface area (Å²) in [6, 6.07) is 16.1. The molecule has 0 aliphatic carbocycles. The fourth-order valence-corrected chi connectivity index (χ4v) is 2.84. The van der Waals surface area contributed by atoms with Gasteiger partial charge in [0.15, 0.2) is 0 Å². The van der Waals surface area contributed by atoms with Crippen molar-refractivity contribution < 1.29 is 19.4 Å². The van der Waals surface area contributed by atoms with E-state index < -0.39 is 24.1 Å². The number of nitrogens with one attached hydrogen (secondary N) is 2. The molecule has 2 amide bonds. The van der Waals surface area contributed by atoms with Crippen molar-refractivity contribution in [3.8, 4) is 0 Å². The lowest BCUT2D eigenvalue weighted by atomic mass is 10.0. The van der Waals surface area contributed by atoms with Crippen LogP contribution < -0.4 is 10.6 Å². The number of hydrogen-bond acceptors (Lipinski definition) is 4. The second kappa shape index (κ2) is 11.4. The van der Waals surface area contributed by atoms with Gasteiger partial charge in [-0.15, -0.1) is 0 Å². The predicted octanol–water partition coefficient (Wildman–Crippen LogP) is 4.06. The van der Waals surface area contributed by atoms with E-state index in [4.69, 9.17) is 4.74 Å². The van der Waals surface area contributed by atoms with Crippen molar-refractivity contribution in [3.63, 3.8) is 0 Å². The molecule has 0 saturated heterocycles. The van der Waals surface area contributed by atoms with Crippen LogP contribution in [-0.4, -0.2) is 35.9 Å². The van der Waals surface area contributed by atoms with Crippen LogP contribution in [0.25, 0.3) is 0 Å². The van der Waals surface area contributed by atoms with E-state index >= 15 is 0 Å². The number of anilines is 1. The van der Waals surface area contributed by atoms with Gasteiger partial charge in [-0.05, 0) is 55.0 Å². The largest absolute Gasteiger partial charge is 0.450 e. The number of aliphatic hydroxyl groups is 1. The third kappa shape index (κ3) is 6.88. The van der Waals surface area contributed by atoms with Crippen LogP contribution in [0.4, 0.5) is 10.5 Å². The summed E-state index contributed by atoms with van der Waals surface area (Å²) in [5, 5.41) is 14.9. The van der Waals surface area contributed by atoms with Crippen LogP contribution in [0.15, 0.2) is 48.5 Å². The Morgan fingerprint density at radius 3 is 2.07 bits per heavy atom. The summed E-state index contributed by atoms with van der Waals surface area (Å²) in [6.07, 6.45) is 2.74. The standard InChI is InChI=1S/C24H32N2O4/c1-4-6-15-30-23(29)26-24(3,17-27)22(28)25-21-13-11-20(12-14-21)16-19-9-7-18(5-2)8-10-19/h7-14,27H,4-6,15-17H2,1-3H3,(H,25,28)(H,26,29)/t24-/m0/s1. The minimum atomic E-state index is -1.48. The summed E-state index contributed by atoms with van der Waals surface area (Å²) >= 11 is 0. The minimum Gasteiger partial charge on any atom is -0.450 e. The molecule has 0 spiro atoms. The van der Waals surface area contributed by atoms with Crippen LogP contribution in [-0.2, 0) is 22.4 Å². The summed E-state index contributed by atoms with van der Waals surface area (Å²) in [6.45, 7) is 5.30. The summed E-state index contributed by atoms with van der Waals surface area (Å²) in [5.41, 5.74) is 2.77. The highest BCUT2D eigenvalue weighted by atomic mass is 16.5. The number of ether oxygens (including phenoxy) is 1. The average Bonchev–Trinajstić information content (AvgIpc) is 2.75. The van der Waals surface area contributed by atoms with Crippen molar-refractivity contribution in [2.24, 2.45) is 0 Å². The lowest BCUT2D eigenvalue weighted by Crippen LogP contribution is -2.57. The molecule has 0 heterocycles. The maximum atomic E-state index is 12.6. The molecule has 0 aromatic heterocycles. The van der Waals surface area contributed by atoms with E-state index in [1.807, 2.05) is 31.2 Å². The molecule has 2 rings (SSSR count). The van der Waals surface area contributed by atoms with Gasteiger partial charge in [0.25, 0.3) is 5.91 Å². The fraction of sp³-hybridized carbons (Fsp3) is 0.417. The molecule has 162 valence electrons. The van der Waals surface area contributed by atoms with Gasteiger partial charge < -0.3 is 20.5 Å². The van der Waals surface area contributed by atoms with Crippen molar-refractivity contribution in [2.45, 2.75) is 52.0 Å². The third-order valence-electron chi connectivity index (χ3n) is 4.98. The maximum Gasteiger partial charge on any atom is 0.408 e. The Hall–Kier alpha value is -2.86. The van der Waals surface area contributed by atoms with Gasteiger partial charge >= 0.3 is 6.09 Å². The molecule has 6 nitrogen and oxygen atoms in total. The van der Waals surface area contributed by atoms with Crippen LogP contribution in [0.3, 0.4) is 0 Å². The monoisotopic (exact) mass is 412 g/mol. The van der Waals surface area contributed by atoms with Crippen LogP contribution in [0.2, 0.25) is 0 Å². The van der Waals surface area contributed by atoms with Crippen molar-refractivity contribution >= 4 is 17.7 Å². The molecule has 0 radical (unpaired) electrons. The quantitative estimate of drug-likeness (QED) is 0.514. The third-order valence-corrected chi connectivity index (χ3v) is 4.98. The number of carbonyl (C=O) groups excluding carboxylic acids is 2. The number of amides is 2. The van der Waals surface area contributed by atoms with Crippen molar-refractivity contribution in [1.29, 1.82) is 0 Å². The van der Waals surface area contributed by atoms with Crippen molar-refractivity contribution in [2.75, 3.05) is 18.5 Å². The van der Waals surface area contributed by atoms with Gasteiger partial charge in [-0.1, -0.05) is 56.7 Å². The Morgan fingerprint density at radius 1 is 0.967 bits per heavy atom. The summed E-state index contributed by atoms with van der Waals surface area (Å²) in [7, 11) is 0. The summed E-state index contributed by atoms with van der Waals surface area (Å²) in [5.74, 6) is -0.514. The van der Waals surface area contributed by atoms with E-state index in [0.29, 0.717) is 5.69 Å². The lowest BCUT2D eigenvalue weighted by molar-refractivity contribution is -0.123. The van der Waals surface area contributed by atoms with E-state index in [9.17, 15) is 14.7 Å². The van der Waals surface area contributed by atoms with Gasteiger partial charge in [0, 0.05) is 5.69 Å². The van der Waals surface area contributed by atoms with Crippen LogP contribution in [0, 0.1) is 0 Å². The SMILES string of the molecule is CCCCOC(=O)N[C@@](C)(CO)C(=O)Nc1ccc(Cc2ccc(CC)cc2)cc1. The van der Waals surface area contributed by atoms with E-state index in [2.05, 4.69) is 41.8 Å². The van der Waals surface area contributed by atoms with Gasteiger partial charge in [0.05, 0.1) is 13.2 Å². The summed E-state index contributed by atoms with van der Waals surface area (Å²) in [4.78, 5) is 24.5. The number of unbranched alkanes of at least 4 members (excludes halogenated alkanes) is 1. The van der Waals surface area contributed by atoms with E-state index in [1.54, 1.807) is 0 Å². The highest BCUT2D eigenvalue weighted by Crippen LogP contribution is 2.16. The Balaban J connectivity index is 1.95. The first-order chi connectivity index (χ1) is 14.4. The fourth-order valence-electron chi connectivity index (χ4n) is 2.84. The minimum absolute atomic E-state index is 0.272. The van der Waals surface area contributed by atoms with Crippen molar-refractivity contribution in [1.82, 2.24) is 5.32 Å². The number of alkyl carbamates (subject to hydrolysis) is 1. The van der Waals surface area contributed by atoms with Crippen LogP contribution in [0.5, 0.6) is 0 Å². The Labute approximate surface area is 178 Å². The second-order valence-electron chi connectivity index (χ2n) is 7.60. The molecular formula is C24H32N2O4. The van der Waals surface area contributed by atoms with Gasteiger partial charge in [-0.2, -0.15) is 0 Å². The number of aliphatic hydroxyl groups excluding tert-OH is 1. The first-order valence-corrected chi connectivity index (χ1v) is 10.4. The van der Waals surface area contributed by atoms with E-state index in [1.165, 1.54) is 18.1 Å². The zero-order valence-electron chi connectivity index (χ0n) is 18.0. The first-order valence-electron chi connectivity index (χ1n) is 10.4. The van der Waals surface area contributed by atoms with E-state index in [-0.39, 0.29) is 6.61 Å². The molecule has 0 aliphatic heterocycles. The van der Waals surface area contributed by atoms with Gasteiger partial charge in [0.1, 0.15) is 5.54 Å². The maximum absolute atomic E-state index is 12.6.